The molecule has 1 amide bonds. The Labute approximate surface area is 135 Å². The van der Waals surface area contributed by atoms with Gasteiger partial charge in [-0.1, -0.05) is 13.3 Å². The van der Waals surface area contributed by atoms with Crippen molar-refractivity contribution in [3.63, 3.8) is 0 Å². The molecule has 120 valence electrons. The summed E-state index contributed by atoms with van der Waals surface area (Å²) in [5.41, 5.74) is 0.776. The van der Waals surface area contributed by atoms with Crippen molar-refractivity contribution in [3.05, 3.63) is 18.2 Å². The zero-order valence-electron chi connectivity index (χ0n) is 13.0. The van der Waals surface area contributed by atoms with Crippen LogP contribution < -0.4 is 14.8 Å². The fourth-order valence-corrected chi connectivity index (χ4v) is 3.79. The topological polar surface area (TPSA) is 47.6 Å². The zero-order valence-corrected chi connectivity index (χ0v) is 13.8. The Balaban J connectivity index is 1.55. The van der Waals surface area contributed by atoms with Crippen LogP contribution in [0.2, 0.25) is 0 Å². The van der Waals surface area contributed by atoms with Crippen LogP contribution in [0.5, 0.6) is 11.5 Å². The Morgan fingerprint density at radius 1 is 1.27 bits per heavy atom. The van der Waals surface area contributed by atoms with Gasteiger partial charge in [-0.3, -0.25) is 4.79 Å². The molecule has 1 spiro atoms. The van der Waals surface area contributed by atoms with Gasteiger partial charge >= 0.3 is 0 Å². The van der Waals surface area contributed by atoms with Gasteiger partial charge in [0.2, 0.25) is 5.91 Å². The summed E-state index contributed by atoms with van der Waals surface area (Å²) in [4.78, 5) is 11.9. The summed E-state index contributed by atoms with van der Waals surface area (Å²) in [5.74, 6) is 2.67. The number of unbranched alkanes of at least 4 members (excludes halogenated alkanes) is 1. The number of anilines is 1. The summed E-state index contributed by atoms with van der Waals surface area (Å²) >= 11 is 1.68. The van der Waals surface area contributed by atoms with Gasteiger partial charge in [0, 0.05) is 24.6 Å². The van der Waals surface area contributed by atoms with Crippen molar-refractivity contribution in [2.24, 2.45) is 0 Å². The number of benzene rings is 1. The largest absolute Gasteiger partial charge is 0.448 e. The second-order valence-corrected chi connectivity index (χ2v) is 7.04. The second kappa shape index (κ2) is 6.82. The lowest BCUT2D eigenvalue weighted by atomic mass is 10.2. The number of ether oxygens (including phenoxy) is 2. The number of carbonyl (C=O) groups is 1. The van der Waals surface area contributed by atoms with Gasteiger partial charge in [-0.2, -0.15) is 11.8 Å². The van der Waals surface area contributed by atoms with Gasteiger partial charge in [-0.25, -0.2) is 0 Å². The van der Waals surface area contributed by atoms with E-state index in [-0.39, 0.29) is 5.91 Å². The molecule has 5 heteroatoms. The van der Waals surface area contributed by atoms with Crippen LogP contribution in [0.4, 0.5) is 5.69 Å². The molecular weight excluding hydrogens is 298 g/mol. The first kappa shape index (κ1) is 15.5. The van der Waals surface area contributed by atoms with Crippen molar-refractivity contribution in [1.29, 1.82) is 0 Å². The van der Waals surface area contributed by atoms with E-state index in [1.54, 1.807) is 11.8 Å². The Hall–Kier alpha value is -1.36. The molecule has 4 nitrogen and oxygen atoms in total. The Morgan fingerprint density at radius 2 is 2.05 bits per heavy atom. The SMILES string of the molecule is CCCCSCC(=O)Nc1ccc2c(c1)OC1(CCCC1)O2. The molecule has 0 bridgehead atoms. The van der Waals surface area contributed by atoms with Crippen LogP contribution in [-0.2, 0) is 4.79 Å². The molecule has 0 saturated heterocycles. The second-order valence-electron chi connectivity index (χ2n) is 5.94. The molecule has 1 aliphatic heterocycles. The van der Waals surface area contributed by atoms with Gasteiger partial charge in [-0.15, -0.1) is 0 Å². The molecule has 1 aliphatic carbocycles. The molecule has 1 fully saturated rings. The molecular formula is C17H23NO3S. The van der Waals surface area contributed by atoms with E-state index in [4.69, 9.17) is 9.47 Å². The van der Waals surface area contributed by atoms with Crippen molar-refractivity contribution < 1.29 is 14.3 Å². The predicted octanol–water partition coefficient (Wildman–Crippen LogP) is 4.20. The third kappa shape index (κ3) is 3.51. The van der Waals surface area contributed by atoms with Crippen molar-refractivity contribution in [2.45, 2.75) is 51.2 Å². The molecule has 1 N–H and O–H groups in total. The van der Waals surface area contributed by atoms with Crippen LogP contribution in [0.1, 0.15) is 45.4 Å². The standard InChI is InChI=1S/C17H23NO3S/c1-2-3-10-22-12-16(19)18-13-6-7-14-15(11-13)21-17(20-14)8-4-5-9-17/h6-7,11H,2-5,8-10,12H2,1H3,(H,18,19). The van der Waals surface area contributed by atoms with Crippen LogP contribution in [0, 0.1) is 0 Å². The third-order valence-electron chi connectivity index (χ3n) is 4.06. The minimum Gasteiger partial charge on any atom is -0.448 e. The fourth-order valence-electron chi connectivity index (χ4n) is 2.90. The highest BCUT2D eigenvalue weighted by Gasteiger charge is 2.44. The van der Waals surface area contributed by atoms with Crippen molar-refractivity contribution in [2.75, 3.05) is 16.8 Å². The summed E-state index contributed by atoms with van der Waals surface area (Å²) in [6.45, 7) is 2.16. The third-order valence-corrected chi connectivity index (χ3v) is 5.10. The van der Waals surface area contributed by atoms with Gasteiger partial charge in [0.15, 0.2) is 11.5 Å². The quantitative estimate of drug-likeness (QED) is 0.798. The van der Waals surface area contributed by atoms with Crippen molar-refractivity contribution >= 4 is 23.4 Å². The van der Waals surface area contributed by atoms with Crippen LogP contribution in [-0.4, -0.2) is 23.2 Å². The minimum absolute atomic E-state index is 0.0375. The molecule has 1 saturated carbocycles. The Bertz CT molecular complexity index is 541. The van der Waals surface area contributed by atoms with Crippen LogP contribution in [0.3, 0.4) is 0 Å². The number of thioether (sulfide) groups is 1. The molecule has 3 rings (SSSR count). The normalized spacial score (nSPS) is 17.9. The monoisotopic (exact) mass is 321 g/mol. The number of fused-ring (bicyclic) bond motifs is 1. The Kier molecular flexibility index (Phi) is 4.81. The summed E-state index contributed by atoms with van der Waals surface area (Å²) in [6, 6.07) is 5.64. The van der Waals surface area contributed by atoms with E-state index in [0.29, 0.717) is 5.75 Å². The first-order valence-electron chi connectivity index (χ1n) is 8.10. The van der Waals surface area contributed by atoms with Crippen LogP contribution in [0.15, 0.2) is 18.2 Å². The van der Waals surface area contributed by atoms with E-state index in [9.17, 15) is 4.79 Å². The van der Waals surface area contributed by atoms with Gasteiger partial charge in [0.05, 0.1) is 5.75 Å². The van der Waals surface area contributed by atoms with E-state index in [2.05, 4.69) is 12.2 Å². The average molecular weight is 321 g/mol. The molecule has 1 heterocycles. The molecule has 0 aromatic heterocycles. The average Bonchev–Trinajstić information content (AvgIpc) is 3.10. The van der Waals surface area contributed by atoms with Crippen LogP contribution >= 0.6 is 11.8 Å². The van der Waals surface area contributed by atoms with Crippen molar-refractivity contribution in [1.82, 2.24) is 0 Å². The first-order valence-corrected chi connectivity index (χ1v) is 9.26. The fraction of sp³-hybridized carbons (Fsp3) is 0.588. The van der Waals surface area contributed by atoms with E-state index >= 15 is 0 Å². The summed E-state index contributed by atoms with van der Waals surface area (Å²) in [6.07, 6.45) is 6.50. The highest BCUT2D eigenvalue weighted by molar-refractivity contribution is 7.99. The molecule has 0 radical (unpaired) electrons. The lowest BCUT2D eigenvalue weighted by molar-refractivity contribution is -0.113. The smallest absolute Gasteiger partial charge is 0.251 e. The predicted molar refractivity (Wildman–Crippen MR) is 89.8 cm³/mol. The first-order chi connectivity index (χ1) is 10.7. The number of rotatable bonds is 6. The number of hydrogen-bond donors (Lipinski definition) is 1. The zero-order chi connectivity index (χ0) is 15.4. The van der Waals surface area contributed by atoms with Gasteiger partial charge in [-0.05, 0) is 37.1 Å². The number of nitrogens with one attached hydrogen (secondary N) is 1. The summed E-state index contributed by atoms with van der Waals surface area (Å²) in [5, 5.41) is 2.93. The van der Waals surface area contributed by atoms with Gasteiger partial charge in [0.25, 0.3) is 5.79 Å². The lowest BCUT2D eigenvalue weighted by Gasteiger charge is -2.21. The van der Waals surface area contributed by atoms with E-state index in [0.717, 1.165) is 55.0 Å². The number of hydrogen-bond acceptors (Lipinski definition) is 4. The number of carbonyl (C=O) groups excluding carboxylic acids is 1. The molecule has 0 unspecified atom stereocenters. The molecule has 22 heavy (non-hydrogen) atoms. The molecule has 2 aliphatic rings. The highest BCUT2D eigenvalue weighted by atomic mass is 32.2. The van der Waals surface area contributed by atoms with Crippen LogP contribution in [0.25, 0.3) is 0 Å². The van der Waals surface area contributed by atoms with E-state index in [1.807, 2.05) is 18.2 Å². The molecule has 1 aromatic rings. The Morgan fingerprint density at radius 3 is 2.82 bits per heavy atom. The van der Waals surface area contributed by atoms with Gasteiger partial charge in [0.1, 0.15) is 0 Å². The summed E-state index contributed by atoms with van der Waals surface area (Å²) in [7, 11) is 0. The van der Waals surface area contributed by atoms with Crippen molar-refractivity contribution in [3.8, 4) is 11.5 Å². The molecule has 0 atom stereocenters. The maximum absolute atomic E-state index is 11.9. The highest BCUT2D eigenvalue weighted by Crippen LogP contribution is 2.47. The number of amides is 1. The maximum atomic E-state index is 11.9. The summed E-state index contributed by atoms with van der Waals surface area (Å²) < 4.78 is 12.0. The minimum atomic E-state index is -0.443. The molecule has 1 aromatic carbocycles. The van der Waals surface area contributed by atoms with Gasteiger partial charge < -0.3 is 14.8 Å². The van der Waals surface area contributed by atoms with E-state index in [1.165, 1.54) is 6.42 Å². The van der Waals surface area contributed by atoms with E-state index < -0.39 is 5.79 Å². The maximum Gasteiger partial charge on any atom is 0.251 e. The lowest BCUT2D eigenvalue weighted by Crippen LogP contribution is -2.34.